The van der Waals surface area contributed by atoms with E-state index in [1.165, 1.54) is 19.2 Å². The largest absolute Gasteiger partial charge is 0.481 e. The van der Waals surface area contributed by atoms with Gasteiger partial charge in [0.1, 0.15) is 23.8 Å². The minimum Gasteiger partial charge on any atom is -0.481 e. The van der Waals surface area contributed by atoms with E-state index in [4.69, 9.17) is 9.47 Å². The predicted octanol–water partition coefficient (Wildman–Crippen LogP) is 0.243. The summed E-state index contributed by atoms with van der Waals surface area (Å²) in [6, 6.07) is 1.68. The van der Waals surface area contributed by atoms with Gasteiger partial charge in [-0.05, 0) is 18.8 Å². The number of aromatic nitrogens is 2. The minimum atomic E-state index is -0.212. The van der Waals surface area contributed by atoms with Crippen LogP contribution in [0.4, 0.5) is 5.82 Å². The molecule has 0 N–H and O–H groups in total. The van der Waals surface area contributed by atoms with Crippen LogP contribution >= 0.6 is 0 Å². The van der Waals surface area contributed by atoms with Crippen molar-refractivity contribution in [2.45, 2.75) is 24.5 Å². The molecule has 0 aromatic carbocycles. The number of methoxy groups -OCH3 is 1. The molecule has 26 heavy (non-hydrogen) atoms. The maximum absolute atomic E-state index is 12.5. The number of morpholine rings is 1. The molecule has 8 nitrogen and oxygen atoms in total. The number of hydrogen-bond acceptors (Lipinski definition) is 7. The second-order valence-corrected chi connectivity index (χ2v) is 7.89. The molecule has 2 aliphatic heterocycles. The summed E-state index contributed by atoms with van der Waals surface area (Å²) in [5, 5.41) is 0. The third-order valence-electron chi connectivity index (χ3n) is 5.51. The van der Waals surface area contributed by atoms with Gasteiger partial charge in [0.25, 0.3) is 0 Å². The van der Waals surface area contributed by atoms with Crippen molar-refractivity contribution in [3.63, 3.8) is 0 Å². The maximum atomic E-state index is 12.5. The Balaban J connectivity index is 1.43. The Bertz CT molecular complexity index is 673. The molecule has 3 heterocycles. The van der Waals surface area contributed by atoms with Crippen molar-refractivity contribution in [3.05, 3.63) is 12.4 Å². The van der Waals surface area contributed by atoms with Crippen molar-refractivity contribution >= 4 is 11.7 Å². The number of nitrogens with zero attached hydrogens (tertiary/aromatic N) is 5. The summed E-state index contributed by atoms with van der Waals surface area (Å²) in [7, 11) is 5.23. The topological polar surface area (TPSA) is 71.0 Å². The number of ether oxygens (including phenoxy) is 2. The number of hydrogen-bond donors (Lipinski definition) is 0. The number of anilines is 1. The van der Waals surface area contributed by atoms with E-state index in [-0.39, 0.29) is 17.6 Å². The Morgan fingerprint density at radius 3 is 2.77 bits per heavy atom. The molecule has 0 radical (unpaired) electrons. The SMILES string of the molecule is COc1cc(N2CC3(C2)CN(CC2CC2)[C@H](C(=O)N(C)C)CO3)ncn1. The standard InChI is InChI=1S/C18H27N5O3/c1-21(2)17(24)14-8-26-18(9-22(14)7-13-4-5-13)10-23(11-18)15-6-16(25-3)20-12-19-15/h6,12-14H,4-5,7-11H2,1-3H3/t14-/m0/s1. The molecule has 1 aromatic heterocycles. The van der Waals surface area contributed by atoms with E-state index < -0.39 is 0 Å². The maximum Gasteiger partial charge on any atom is 0.241 e. The van der Waals surface area contributed by atoms with Gasteiger partial charge < -0.3 is 19.3 Å². The third-order valence-corrected chi connectivity index (χ3v) is 5.51. The van der Waals surface area contributed by atoms with Crippen molar-refractivity contribution < 1.29 is 14.3 Å². The normalized spacial score (nSPS) is 25.0. The fraction of sp³-hybridized carbons (Fsp3) is 0.722. The zero-order chi connectivity index (χ0) is 18.3. The van der Waals surface area contributed by atoms with E-state index >= 15 is 0 Å². The summed E-state index contributed by atoms with van der Waals surface area (Å²) in [4.78, 5) is 27.1. The van der Waals surface area contributed by atoms with Crippen LogP contribution in [0.3, 0.4) is 0 Å². The first-order chi connectivity index (χ1) is 12.5. The number of amides is 1. The highest BCUT2D eigenvalue weighted by molar-refractivity contribution is 5.81. The first kappa shape index (κ1) is 17.5. The summed E-state index contributed by atoms with van der Waals surface area (Å²) in [5.41, 5.74) is -0.212. The lowest BCUT2D eigenvalue weighted by molar-refractivity contribution is -0.167. The molecule has 1 amide bonds. The molecule has 3 fully saturated rings. The quantitative estimate of drug-likeness (QED) is 0.744. The van der Waals surface area contributed by atoms with Gasteiger partial charge in [-0.15, -0.1) is 0 Å². The van der Waals surface area contributed by atoms with Gasteiger partial charge in [-0.1, -0.05) is 0 Å². The van der Waals surface area contributed by atoms with Crippen LogP contribution in [0.2, 0.25) is 0 Å². The van der Waals surface area contributed by atoms with E-state index in [0.717, 1.165) is 37.9 Å². The van der Waals surface area contributed by atoms with Crippen molar-refractivity contribution in [3.8, 4) is 5.88 Å². The molecular weight excluding hydrogens is 334 g/mol. The van der Waals surface area contributed by atoms with Gasteiger partial charge in [-0.2, -0.15) is 0 Å². The summed E-state index contributed by atoms with van der Waals surface area (Å²) < 4.78 is 11.4. The van der Waals surface area contributed by atoms with Crippen molar-refractivity contribution in [1.29, 1.82) is 0 Å². The van der Waals surface area contributed by atoms with Crippen LogP contribution in [0.25, 0.3) is 0 Å². The van der Waals surface area contributed by atoms with E-state index in [1.807, 2.05) is 20.2 Å². The Morgan fingerprint density at radius 1 is 1.35 bits per heavy atom. The Morgan fingerprint density at radius 2 is 2.12 bits per heavy atom. The van der Waals surface area contributed by atoms with Crippen molar-refractivity contribution in [2.75, 3.05) is 58.9 Å². The Kier molecular flexibility index (Phi) is 4.48. The number of carbonyl (C=O) groups excluding carboxylic acids is 1. The molecule has 1 aliphatic carbocycles. The molecule has 8 heteroatoms. The van der Waals surface area contributed by atoms with E-state index in [1.54, 1.807) is 12.0 Å². The number of carbonyl (C=O) groups is 1. The third kappa shape index (κ3) is 3.35. The highest BCUT2D eigenvalue weighted by Gasteiger charge is 2.51. The zero-order valence-corrected chi connectivity index (χ0v) is 15.7. The van der Waals surface area contributed by atoms with Gasteiger partial charge in [0.15, 0.2) is 0 Å². The van der Waals surface area contributed by atoms with Crippen LogP contribution in [0, 0.1) is 5.92 Å². The molecule has 4 rings (SSSR count). The van der Waals surface area contributed by atoms with Gasteiger partial charge in [-0.25, -0.2) is 9.97 Å². The highest BCUT2D eigenvalue weighted by atomic mass is 16.5. The smallest absolute Gasteiger partial charge is 0.241 e. The molecule has 2 saturated heterocycles. The summed E-state index contributed by atoms with van der Waals surface area (Å²) >= 11 is 0. The minimum absolute atomic E-state index is 0.136. The summed E-state index contributed by atoms with van der Waals surface area (Å²) in [6.45, 7) is 3.81. The van der Waals surface area contributed by atoms with Crippen LogP contribution in [0.15, 0.2) is 12.4 Å². The van der Waals surface area contributed by atoms with Gasteiger partial charge in [0.2, 0.25) is 11.8 Å². The fourth-order valence-electron chi connectivity index (χ4n) is 3.85. The number of rotatable bonds is 5. The van der Waals surface area contributed by atoms with E-state index in [9.17, 15) is 4.79 Å². The van der Waals surface area contributed by atoms with Gasteiger partial charge in [0.05, 0.1) is 26.8 Å². The summed E-state index contributed by atoms with van der Waals surface area (Å²) in [5.74, 6) is 2.29. The van der Waals surface area contributed by atoms with E-state index in [0.29, 0.717) is 12.5 Å². The fourth-order valence-corrected chi connectivity index (χ4v) is 3.85. The average Bonchev–Trinajstić information content (AvgIpc) is 3.43. The molecule has 142 valence electrons. The Hall–Kier alpha value is -1.93. The Labute approximate surface area is 154 Å². The lowest BCUT2D eigenvalue weighted by atomic mass is 9.90. The molecule has 1 saturated carbocycles. The molecule has 1 atom stereocenters. The second-order valence-electron chi connectivity index (χ2n) is 7.89. The van der Waals surface area contributed by atoms with Crippen LogP contribution < -0.4 is 9.64 Å². The van der Waals surface area contributed by atoms with Crippen LogP contribution in [-0.4, -0.2) is 91.3 Å². The molecule has 0 bridgehead atoms. The lowest BCUT2D eigenvalue weighted by Crippen LogP contribution is -2.73. The second kappa shape index (κ2) is 6.66. The lowest BCUT2D eigenvalue weighted by Gasteiger charge is -2.56. The molecule has 0 unspecified atom stereocenters. The molecule has 1 spiro atoms. The van der Waals surface area contributed by atoms with Crippen molar-refractivity contribution in [2.24, 2.45) is 5.92 Å². The predicted molar refractivity (Wildman–Crippen MR) is 96.3 cm³/mol. The molecule has 3 aliphatic rings. The van der Waals surface area contributed by atoms with Gasteiger partial charge >= 0.3 is 0 Å². The first-order valence-corrected chi connectivity index (χ1v) is 9.20. The van der Waals surface area contributed by atoms with Gasteiger partial charge in [-0.3, -0.25) is 9.69 Å². The molecule has 1 aromatic rings. The van der Waals surface area contributed by atoms with Crippen molar-refractivity contribution in [1.82, 2.24) is 19.8 Å². The van der Waals surface area contributed by atoms with Crippen LogP contribution in [-0.2, 0) is 9.53 Å². The first-order valence-electron chi connectivity index (χ1n) is 9.20. The van der Waals surface area contributed by atoms with E-state index in [2.05, 4.69) is 19.8 Å². The zero-order valence-electron chi connectivity index (χ0n) is 15.7. The van der Waals surface area contributed by atoms with Crippen LogP contribution in [0.1, 0.15) is 12.8 Å². The number of likely N-dealkylation sites (N-methyl/N-ethyl adjacent to an activating group) is 1. The van der Waals surface area contributed by atoms with Gasteiger partial charge in [0, 0.05) is 33.3 Å². The van der Waals surface area contributed by atoms with Crippen LogP contribution in [0.5, 0.6) is 5.88 Å². The monoisotopic (exact) mass is 361 g/mol. The molecular formula is C18H27N5O3. The highest BCUT2D eigenvalue weighted by Crippen LogP contribution is 2.37. The summed E-state index contributed by atoms with van der Waals surface area (Å²) in [6.07, 6.45) is 4.08. The average molecular weight is 361 g/mol.